The fourth-order valence-electron chi connectivity index (χ4n) is 2.04. The van der Waals surface area contributed by atoms with Crippen LogP contribution in [0, 0.1) is 0 Å². The van der Waals surface area contributed by atoms with Crippen LogP contribution in [0.3, 0.4) is 0 Å². The highest BCUT2D eigenvalue weighted by atomic mass is 16.6. The molecule has 1 unspecified atom stereocenters. The molecule has 0 radical (unpaired) electrons. The molecule has 1 aliphatic heterocycles. The van der Waals surface area contributed by atoms with Gasteiger partial charge in [-0.3, -0.25) is 10.1 Å². The third-order valence-electron chi connectivity index (χ3n) is 3.13. The van der Waals surface area contributed by atoms with Gasteiger partial charge in [0.25, 0.3) is 0 Å². The minimum absolute atomic E-state index is 0.333. The second kappa shape index (κ2) is 4.49. The Morgan fingerprint density at radius 2 is 2.00 bits per heavy atom. The van der Waals surface area contributed by atoms with E-state index in [0.29, 0.717) is 36.3 Å². The summed E-state index contributed by atoms with van der Waals surface area (Å²) < 4.78 is 10.9. The van der Waals surface area contributed by atoms with Crippen molar-refractivity contribution in [3.8, 4) is 11.5 Å². The monoisotopic (exact) mass is 249 g/mol. The minimum atomic E-state index is -0.862. The molecule has 1 atom stereocenters. The highest BCUT2D eigenvalue weighted by molar-refractivity contribution is 5.76. The van der Waals surface area contributed by atoms with E-state index in [9.17, 15) is 9.90 Å². The summed E-state index contributed by atoms with van der Waals surface area (Å²) in [5, 5.41) is 12.4. The molecule has 1 saturated carbocycles. The third-order valence-corrected chi connectivity index (χ3v) is 3.13. The first-order valence-electron chi connectivity index (χ1n) is 6.12. The lowest BCUT2D eigenvalue weighted by Gasteiger charge is -2.21. The Morgan fingerprint density at radius 1 is 1.28 bits per heavy atom. The fourth-order valence-corrected chi connectivity index (χ4v) is 2.04. The Balaban J connectivity index is 1.86. The first-order chi connectivity index (χ1) is 8.74. The maximum Gasteiger partial charge on any atom is 0.325 e. The summed E-state index contributed by atoms with van der Waals surface area (Å²) in [4.78, 5) is 11.3. The van der Waals surface area contributed by atoms with Crippen molar-refractivity contribution in [3.05, 3.63) is 23.8 Å². The number of ether oxygens (including phenoxy) is 2. The molecule has 1 heterocycles. The number of rotatable bonds is 4. The van der Waals surface area contributed by atoms with Gasteiger partial charge in [-0.05, 0) is 30.5 Å². The summed E-state index contributed by atoms with van der Waals surface area (Å²) in [6.07, 6.45) is 2.10. The molecule has 0 aromatic heterocycles. The SMILES string of the molecule is O=C(O)C(NC1CC1)c1ccc2c(c1)OCCO2. The topological polar surface area (TPSA) is 67.8 Å². The molecular weight excluding hydrogens is 234 g/mol. The molecule has 2 N–H and O–H groups in total. The van der Waals surface area contributed by atoms with Crippen LogP contribution in [-0.2, 0) is 4.79 Å². The molecular formula is C13H15NO4. The molecule has 2 aliphatic rings. The number of hydrogen-bond donors (Lipinski definition) is 2. The second-order valence-electron chi connectivity index (χ2n) is 4.62. The number of fused-ring (bicyclic) bond motifs is 1. The molecule has 3 rings (SSSR count). The van der Waals surface area contributed by atoms with E-state index in [1.807, 2.05) is 0 Å². The third kappa shape index (κ3) is 2.26. The predicted molar refractivity (Wildman–Crippen MR) is 64.0 cm³/mol. The maximum atomic E-state index is 11.3. The standard InChI is InChI=1S/C13H15NO4/c15-13(16)12(14-9-2-3-9)8-1-4-10-11(7-8)18-6-5-17-10/h1,4,7,9,12,14H,2-3,5-6H2,(H,15,16). The Labute approximate surface area is 105 Å². The molecule has 1 fully saturated rings. The van der Waals surface area contributed by atoms with Gasteiger partial charge in [-0.15, -0.1) is 0 Å². The quantitative estimate of drug-likeness (QED) is 0.842. The van der Waals surface area contributed by atoms with Crippen LogP contribution in [-0.4, -0.2) is 30.3 Å². The van der Waals surface area contributed by atoms with Crippen molar-refractivity contribution >= 4 is 5.97 Å². The Morgan fingerprint density at radius 3 is 2.67 bits per heavy atom. The number of carboxylic acid groups (broad SMARTS) is 1. The average Bonchev–Trinajstić information content (AvgIpc) is 3.19. The van der Waals surface area contributed by atoms with E-state index >= 15 is 0 Å². The van der Waals surface area contributed by atoms with Crippen LogP contribution in [0.5, 0.6) is 11.5 Å². The van der Waals surface area contributed by atoms with Gasteiger partial charge < -0.3 is 14.6 Å². The van der Waals surface area contributed by atoms with Crippen LogP contribution in [0.1, 0.15) is 24.4 Å². The van der Waals surface area contributed by atoms with E-state index in [1.165, 1.54) is 0 Å². The van der Waals surface area contributed by atoms with Gasteiger partial charge >= 0.3 is 5.97 Å². The van der Waals surface area contributed by atoms with Crippen molar-refractivity contribution in [3.63, 3.8) is 0 Å². The highest BCUT2D eigenvalue weighted by Crippen LogP contribution is 2.33. The van der Waals surface area contributed by atoms with Crippen LogP contribution in [0.15, 0.2) is 18.2 Å². The molecule has 5 heteroatoms. The van der Waals surface area contributed by atoms with Gasteiger partial charge in [0.1, 0.15) is 19.3 Å². The first kappa shape index (κ1) is 11.3. The fraction of sp³-hybridized carbons (Fsp3) is 0.462. The van der Waals surface area contributed by atoms with Gasteiger partial charge in [0.15, 0.2) is 11.5 Å². The molecule has 1 aliphatic carbocycles. The van der Waals surface area contributed by atoms with E-state index in [2.05, 4.69) is 5.32 Å². The summed E-state index contributed by atoms with van der Waals surface area (Å²) in [6.45, 7) is 1.04. The summed E-state index contributed by atoms with van der Waals surface area (Å²) in [6, 6.07) is 4.96. The zero-order chi connectivity index (χ0) is 12.5. The normalized spacial score (nSPS) is 19.3. The van der Waals surface area contributed by atoms with Crippen molar-refractivity contribution in [2.45, 2.75) is 24.9 Å². The molecule has 96 valence electrons. The van der Waals surface area contributed by atoms with Crippen LogP contribution in [0.2, 0.25) is 0 Å². The molecule has 0 spiro atoms. The van der Waals surface area contributed by atoms with Gasteiger partial charge in [-0.25, -0.2) is 0 Å². The number of aliphatic carboxylic acids is 1. The summed E-state index contributed by atoms with van der Waals surface area (Å²) in [7, 11) is 0. The van der Waals surface area contributed by atoms with Crippen molar-refractivity contribution < 1.29 is 19.4 Å². The van der Waals surface area contributed by atoms with Crippen LogP contribution in [0.25, 0.3) is 0 Å². The van der Waals surface area contributed by atoms with Crippen LogP contribution >= 0.6 is 0 Å². The summed E-state index contributed by atoms with van der Waals surface area (Å²) in [5.74, 6) is 0.446. The van der Waals surface area contributed by atoms with Crippen molar-refractivity contribution in [1.29, 1.82) is 0 Å². The lowest BCUT2D eigenvalue weighted by Crippen LogP contribution is -2.30. The molecule has 1 aromatic carbocycles. The lowest BCUT2D eigenvalue weighted by atomic mass is 10.1. The maximum absolute atomic E-state index is 11.3. The summed E-state index contributed by atoms with van der Waals surface area (Å²) in [5.41, 5.74) is 0.707. The minimum Gasteiger partial charge on any atom is -0.486 e. The van der Waals surface area contributed by atoms with Gasteiger partial charge in [0.2, 0.25) is 0 Å². The van der Waals surface area contributed by atoms with Gasteiger partial charge in [-0.2, -0.15) is 0 Å². The van der Waals surface area contributed by atoms with Gasteiger partial charge in [0, 0.05) is 6.04 Å². The highest BCUT2D eigenvalue weighted by Gasteiger charge is 2.30. The van der Waals surface area contributed by atoms with E-state index in [0.717, 1.165) is 12.8 Å². The lowest BCUT2D eigenvalue weighted by molar-refractivity contribution is -0.139. The molecule has 0 bridgehead atoms. The Bertz CT molecular complexity index is 470. The Hall–Kier alpha value is -1.75. The van der Waals surface area contributed by atoms with Crippen LogP contribution < -0.4 is 14.8 Å². The smallest absolute Gasteiger partial charge is 0.325 e. The number of benzene rings is 1. The number of hydrogen-bond acceptors (Lipinski definition) is 4. The largest absolute Gasteiger partial charge is 0.486 e. The zero-order valence-electron chi connectivity index (χ0n) is 9.89. The van der Waals surface area contributed by atoms with E-state index < -0.39 is 12.0 Å². The van der Waals surface area contributed by atoms with Crippen LogP contribution in [0.4, 0.5) is 0 Å². The molecule has 5 nitrogen and oxygen atoms in total. The predicted octanol–water partition coefficient (Wildman–Crippen LogP) is 1.34. The number of carboxylic acids is 1. The second-order valence-corrected chi connectivity index (χ2v) is 4.62. The van der Waals surface area contributed by atoms with E-state index in [4.69, 9.17) is 9.47 Å². The number of nitrogens with one attached hydrogen (secondary N) is 1. The van der Waals surface area contributed by atoms with Crippen molar-refractivity contribution in [2.24, 2.45) is 0 Å². The summed E-state index contributed by atoms with van der Waals surface area (Å²) >= 11 is 0. The first-order valence-corrected chi connectivity index (χ1v) is 6.12. The van der Waals surface area contributed by atoms with Gasteiger partial charge in [0.05, 0.1) is 0 Å². The van der Waals surface area contributed by atoms with E-state index in [-0.39, 0.29) is 0 Å². The Kier molecular flexibility index (Phi) is 2.83. The molecule has 0 saturated heterocycles. The zero-order valence-corrected chi connectivity index (χ0v) is 9.89. The molecule has 0 amide bonds. The average molecular weight is 249 g/mol. The molecule has 18 heavy (non-hydrogen) atoms. The number of carbonyl (C=O) groups is 1. The molecule has 1 aromatic rings. The van der Waals surface area contributed by atoms with Gasteiger partial charge in [-0.1, -0.05) is 6.07 Å². The van der Waals surface area contributed by atoms with Crippen molar-refractivity contribution in [2.75, 3.05) is 13.2 Å². The van der Waals surface area contributed by atoms with Crippen molar-refractivity contribution in [1.82, 2.24) is 5.32 Å². The van der Waals surface area contributed by atoms with E-state index in [1.54, 1.807) is 18.2 Å².